The number of carboxylic acid groups (broad SMARTS) is 1. The Morgan fingerprint density at radius 3 is 2.64 bits per heavy atom. The van der Waals surface area contributed by atoms with Crippen molar-refractivity contribution in [1.82, 2.24) is 19.7 Å². The first kappa shape index (κ1) is 22.2. The van der Waals surface area contributed by atoms with E-state index in [9.17, 15) is 9.90 Å². The molecule has 0 bridgehead atoms. The third-order valence-electron chi connectivity index (χ3n) is 5.50. The normalized spacial score (nSPS) is 11.1. The molecule has 4 aromatic rings. The Kier molecular flexibility index (Phi) is 6.22. The van der Waals surface area contributed by atoms with Crippen molar-refractivity contribution in [3.63, 3.8) is 0 Å². The van der Waals surface area contributed by atoms with Crippen LogP contribution in [-0.4, -0.2) is 30.8 Å². The summed E-state index contributed by atoms with van der Waals surface area (Å²) in [6.07, 6.45) is 2.71. The van der Waals surface area contributed by atoms with E-state index in [1.807, 2.05) is 25.1 Å². The lowest BCUT2D eigenvalue weighted by molar-refractivity contribution is 0.0698. The fourth-order valence-corrected chi connectivity index (χ4v) is 3.57. The van der Waals surface area contributed by atoms with Gasteiger partial charge < -0.3 is 10.4 Å². The number of nitrogens with zero attached hydrogens (tertiary/aromatic N) is 4. The van der Waals surface area contributed by atoms with Gasteiger partial charge in [0.2, 0.25) is 0 Å². The van der Waals surface area contributed by atoms with E-state index in [-0.39, 0.29) is 11.5 Å². The van der Waals surface area contributed by atoms with Crippen molar-refractivity contribution >= 4 is 17.5 Å². The van der Waals surface area contributed by atoms with Gasteiger partial charge in [0.1, 0.15) is 5.82 Å². The van der Waals surface area contributed by atoms with Gasteiger partial charge in [0, 0.05) is 17.8 Å². The Labute approximate surface area is 193 Å². The van der Waals surface area contributed by atoms with E-state index in [2.05, 4.69) is 43.2 Å². The van der Waals surface area contributed by atoms with E-state index < -0.39 is 5.97 Å². The average molecular weight is 442 g/mol. The minimum Gasteiger partial charge on any atom is -0.478 e. The summed E-state index contributed by atoms with van der Waals surface area (Å²) in [5.41, 5.74) is 5.20. The maximum absolute atomic E-state index is 11.8. The van der Waals surface area contributed by atoms with Crippen molar-refractivity contribution in [3.05, 3.63) is 83.3 Å². The standard InChI is InChI=1S/C26H27N5O2/c1-5-18-9-8-10-19(13-18)22-14-24(28-21-12-7-6-11-20(21)26(32)33)31(30-22)25-17(4)27-15-23(29-25)16(2)3/h6-16,28H,5H2,1-4H3,(H,32,33). The maximum atomic E-state index is 11.8. The van der Waals surface area contributed by atoms with Crippen LogP contribution in [0.25, 0.3) is 17.1 Å². The number of para-hydroxylation sites is 1. The number of benzene rings is 2. The second kappa shape index (κ2) is 9.24. The van der Waals surface area contributed by atoms with Crippen LogP contribution in [0.3, 0.4) is 0 Å². The number of hydrogen-bond acceptors (Lipinski definition) is 5. The van der Waals surface area contributed by atoms with Gasteiger partial charge in [-0.3, -0.25) is 4.98 Å². The van der Waals surface area contributed by atoms with E-state index in [0.717, 1.165) is 29.1 Å². The summed E-state index contributed by atoms with van der Waals surface area (Å²) in [4.78, 5) is 21.1. The lowest BCUT2D eigenvalue weighted by Gasteiger charge is -2.14. The van der Waals surface area contributed by atoms with Crippen molar-refractivity contribution < 1.29 is 9.90 Å². The molecule has 7 nitrogen and oxygen atoms in total. The van der Waals surface area contributed by atoms with Crippen molar-refractivity contribution in [3.8, 4) is 17.1 Å². The summed E-state index contributed by atoms with van der Waals surface area (Å²) in [5, 5.41) is 17.8. The highest BCUT2D eigenvalue weighted by Gasteiger charge is 2.18. The van der Waals surface area contributed by atoms with Gasteiger partial charge in [-0.05, 0) is 43.0 Å². The van der Waals surface area contributed by atoms with Crippen LogP contribution in [0.2, 0.25) is 0 Å². The van der Waals surface area contributed by atoms with Crippen molar-refractivity contribution in [1.29, 1.82) is 0 Å². The molecular weight excluding hydrogens is 414 g/mol. The van der Waals surface area contributed by atoms with Crippen LogP contribution in [0.4, 0.5) is 11.5 Å². The van der Waals surface area contributed by atoms with E-state index >= 15 is 0 Å². The number of hydrogen-bond donors (Lipinski definition) is 2. The molecule has 0 aliphatic rings. The molecule has 2 aromatic carbocycles. The van der Waals surface area contributed by atoms with Crippen molar-refractivity contribution in [2.75, 3.05) is 5.32 Å². The molecular formula is C26H27N5O2. The zero-order valence-electron chi connectivity index (χ0n) is 19.2. The van der Waals surface area contributed by atoms with Gasteiger partial charge in [-0.1, -0.05) is 51.1 Å². The van der Waals surface area contributed by atoms with E-state index in [1.165, 1.54) is 5.56 Å². The van der Waals surface area contributed by atoms with Gasteiger partial charge in [0.15, 0.2) is 5.82 Å². The minimum absolute atomic E-state index is 0.179. The van der Waals surface area contributed by atoms with E-state index in [0.29, 0.717) is 17.3 Å². The van der Waals surface area contributed by atoms with Crippen LogP contribution in [0.5, 0.6) is 0 Å². The lowest BCUT2D eigenvalue weighted by atomic mass is 10.1. The fourth-order valence-electron chi connectivity index (χ4n) is 3.57. The molecule has 0 aliphatic carbocycles. The molecule has 0 radical (unpaired) electrons. The van der Waals surface area contributed by atoms with Crippen LogP contribution in [-0.2, 0) is 6.42 Å². The summed E-state index contributed by atoms with van der Waals surface area (Å²) in [7, 11) is 0. The Balaban J connectivity index is 1.89. The first-order chi connectivity index (χ1) is 15.9. The largest absolute Gasteiger partial charge is 0.478 e. The number of carboxylic acids is 1. The van der Waals surface area contributed by atoms with E-state index in [4.69, 9.17) is 10.1 Å². The highest BCUT2D eigenvalue weighted by molar-refractivity contribution is 5.95. The predicted molar refractivity (Wildman–Crippen MR) is 129 cm³/mol. The highest BCUT2D eigenvalue weighted by atomic mass is 16.4. The highest BCUT2D eigenvalue weighted by Crippen LogP contribution is 2.29. The molecule has 33 heavy (non-hydrogen) atoms. The third-order valence-corrected chi connectivity index (χ3v) is 5.50. The summed E-state index contributed by atoms with van der Waals surface area (Å²) in [6, 6.07) is 17.0. The molecule has 0 atom stereocenters. The Hall–Kier alpha value is -4.00. The first-order valence-electron chi connectivity index (χ1n) is 11.0. The van der Waals surface area contributed by atoms with Crippen LogP contribution >= 0.6 is 0 Å². The average Bonchev–Trinajstić information content (AvgIpc) is 3.23. The molecule has 168 valence electrons. The molecule has 2 N–H and O–H groups in total. The zero-order chi connectivity index (χ0) is 23.5. The number of aromatic nitrogens is 4. The van der Waals surface area contributed by atoms with Crippen LogP contribution in [0.1, 0.15) is 54.0 Å². The van der Waals surface area contributed by atoms with Crippen LogP contribution in [0.15, 0.2) is 60.8 Å². The van der Waals surface area contributed by atoms with Gasteiger partial charge in [0.25, 0.3) is 0 Å². The molecule has 7 heteroatoms. The van der Waals surface area contributed by atoms with Gasteiger partial charge in [-0.15, -0.1) is 0 Å². The van der Waals surface area contributed by atoms with Gasteiger partial charge >= 0.3 is 5.97 Å². The first-order valence-corrected chi connectivity index (χ1v) is 11.0. The molecule has 0 saturated heterocycles. The molecule has 2 heterocycles. The molecule has 0 spiro atoms. The van der Waals surface area contributed by atoms with E-state index in [1.54, 1.807) is 35.1 Å². The molecule has 0 fully saturated rings. The monoisotopic (exact) mass is 441 g/mol. The van der Waals surface area contributed by atoms with Crippen molar-refractivity contribution in [2.24, 2.45) is 0 Å². The SMILES string of the molecule is CCc1cccc(-c2cc(Nc3ccccc3C(=O)O)n(-c3nc(C(C)C)cnc3C)n2)c1. The van der Waals surface area contributed by atoms with Crippen LogP contribution in [0, 0.1) is 6.92 Å². The predicted octanol–water partition coefficient (Wildman–Crippen LogP) is 5.77. The number of carbonyl (C=O) groups is 1. The number of anilines is 2. The fraction of sp³-hybridized carbons (Fsp3) is 0.231. The summed E-state index contributed by atoms with van der Waals surface area (Å²) >= 11 is 0. The molecule has 0 amide bonds. The molecule has 0 unspecified atom stereocenters. The molecule has 0 saturated carbocycles. The number of rotatable bonds is 7. The second-order valence-corrected chi connectivity index (χ2v) is 8.21. The smallest absolute Gasteiger partial charge is 0.337 e. The molecule has 0 aliphatic heterocycles. The van der Waals surface area contributed by atoms with Gasteiger partial charge in [-0.25, -0.2) is 9.78 Å². The van der Waals surface area contributed by atoms with Gasteiger partial charge in [0.05, 0.1) is 28.3 Å². The molecule has 2 aromatic heterocycles. The van der Waals surface area contributed by atoms with Gasteiger partial charge in [-0.2, -0.15) is 9.78 Å². The Bertz CT molecular complexity index is 1310. The quantitative estimate of drug-likeness (QED) is 0.378. The number of aromatic carboxylic acids is 1. The molecule has 4 rings (SSSR count). The van der Waals surface area contributed by atoms with Crippen molar-refractivity contribution in [2.45, 2.75) is 40.0 Å². The topological polar surface area (TPSA) is 92.9 Å². The Morgan fingerprint density at radius 2 is 1.91 bits per heavy atom. The summed E-state index contributed by atoms with van der Waals surface area (Å²) < 4.78 is 1.71. The summed E-state index contributed by atoms with van der Waals surface area (Å²) in [6.45, 7) is 8.14. The maximum Gasteiger partial charge on any atom is 0.337 e. The Morgan fingerprint density at radius 1 is 1.12 bits per heavy atom. The van der Waals surface area contributed by atoms with Crippen LogP contribution < -0.4 is 5.32 Å². The number of nitrogens with one attached hydrogen (secondary N) is 1. The summed E-state index contributed by atoms with van der Waals surface area (Å²) in [5.74, 6) is 0.420. The third kappa shape index (κ3) is 4.62. The number of aryl methyl sites for hydroxylation is 2. The minimum atomic E-state index is -1.00. The zero-order valence-corrected chi connectivity index (χ0v) is 19.2. The second-order valence-electron chi connectivity index (χ2n) is 8.21. The lowest BCUT2D eigenvalue weighted by Crippen LogP contribution is -2.11.